The Hall–Kier alpha value is -2.57. The summed E-state index contributed by atoms with van der Waals surface area (Å²) in [6, 6.07) is 9.39. The van der Waals surface area contributed by atoms with Crippen molar-refractivity contribution in [3.8, 4) is 0 Å². The SMILES string of the molecule is CC(C)COC(=O)CN(C)C(=O)OOC(=O)CCc1ccccc1. The van der Waals surface area contributed by atoms with Crippen molar-refractivity contribution in [3.63, 3.8) is 0 Å². The summed E-state index contributed by atoms with van der Waals surface area (Å²) in [6.45, 7) is 3.80. The van der Waals surface area contributed by atoms with E-state index in [0.717, 1.165) is 10.5 Å². The zero-order valence-electron chi connectivity index (χ0n) is 14.2. The summed E-state index contributed by atoms with van der Waals surface area (Å²) in [7, 11) is 1.34. The third-order valence-electron chi connectivity index (χ3n) is 2.92. The lowest BCUT2D eigenvalue weighted by Crippen LogP contribution is -2.34. The highest BCUT2D eigenvalue weighted by atomic mass is 17.2. The second-order valence-electron chi connectivity index (χ2n) is 5.72. The van der Waals surface area contributed by atoms with Crippen LogP contribution in [0.2, 0.25) is 0 Å². The van der Waals surface area contributed by atoms with Gasteiger partial charge in [0.25, 0.3) is 0 Å². The van der Waals surface area contributed by atoms with Crippen molar-refractivity contribution in [3.05, 3.63) is 35.9 Å². The average molecular weight is 337 g/mol. The molecule has 1 aromatic carbocycles. The van der Waals surface area contributed by atoms with Crippen LogP contribution >= 0.6 is 0 Å². The van der Waals surface area contributed by atoms with Crippen molar-refractivity contribution < 1.29 is 28.9 Å². The van der Waals surface area contributed by atoms with Gasteiger partial charge in [0.05, 0.1) is 13.0 Å². The summed E-state index contributed by atoms with van der Waals surface area (Å²) < 4.78 is 4.94. The van der Waals surface area contributed by atoms with Gasteiger partial charge in [-0.05, 0) is 17.9 Å². The maximum Gasteiger partial charge on any atom is 0.453 e. The van der Waals surface area contributed by atoms with Gasteiger partial charge in [-0.25, -0.2) is 19.4 Å². The molecule has 1 amide bonds. The number of carbonyl (C=O) groups is 3. The van der Waals surface area contributed by atoms with Crippen molar-refractivity contribution in [2.75, 3.05) is 20.2 Å². The number of likely N-dealkylation sites (N-methyl/N-ethyl adjacent to an activating group) is 1. The smallest absolute Gasteiger partial charge is 0.453 e. The second-order valence-corrected chi connectivity index (χ2v) is 5.72. The molecule has 0 unspecified atom stereocenters. The third-order valence-corrected chi connectivity index (χ3v) is 2.92. The van der Waals surface area contributed by atoms with Crippen LogP contribution in [0.3, 0.4) is 0 Å². The molecule has 0 bridgehead atoms. The normalized spacial score (nSPS) is 10.2. The van der Waals surface area contributed by atoms with Crippen molar-refractivity contribution in [1.82, 2.24) is 4.90 Å². The summed E-state index contributed by atoms with van der Waals surface area (Å²) in [4.78, 5) is 44.4. The molecule has 0 heterocycles. The Bertz CT molecular complexity index is 543. The van der Waals surface area contributed by atoms with Crippen LogP contribution in [0, 0.1) is 5.92 Å². The van der Waals surface area contributed by atoms with Crippen LogP contribution in [-0.2, 0) is 30.5 Å². The Balaban J connectivity index is 2.24. The standard InChI is InChI=1S/C17H23NO6/c1-13(2)12-22-16(20)11-18(3)17(21)24-23-15(19)10-9-14-7-5-4-6-8-14/h4-8,13H,9-12H2,1-3H3. The maximum absolute atomic E-state index is 11.6. The first kappa shape index (κ1) is 19.5. The maximum atomic E-state index is 11.6. The lowest BCUT2D eigenvalue weighted by atomic mass is 10.1. The molecule has 0 saturated heterocycles. The first-order valence-electron chi connectivity index (χ1n) is 7.70. The summed E-state index contributed by atoms with van der Waals surface area (Å²) in [6.07, 6.45) is -0.379. The highest BCUT2D eigenvalue weighted by molar-refractivity contribution is 5.78. The second kappa shape index (κ2) is 10.3. The van der Waals surface area contributed by atoms with Crippen molar-refractivity contribution in [2.24, 2.45) is 5.92 Å². The molecule has 0 spiro atoms. The predicted octanol–water partition coefficient (Wildman–Crippen LogP) is 2.35. The van der Waals surface area contributed by atoms with Gasteiger partial charge < -0.3 is 4.74 Å². The predicted molar refractivity (Wildman–Crippen MR) is 85.8 cm³/mol. The van der Waals surface area contributed by atoms with Crippen LogP contribution in [0.1, 0.15) is 25.8 Å². The number of amides is 1. The van der Waals surface area contributed by atoms with Crippen LogP contribution in [0.15, 0.2) is 30.3 Å². The zero-order valence-corrected chi connectivity index (χ0v) is 14.2. The van der Waals surface area contributed by atoms with E-state index < -0.39 is 18.0 Å². The molecule has 0 aliphatic carbocycles. The zero-order chi connectivity index (χ0) is 17.9. The third kappa shape index (κ3) is 8.17. The Morgan fingerprint density at radius 3 is 2.33 bits per heavy atom. The van der Waals surface area contributed by atoms with Gasteiger partial charge in [0, 0.05) is 7.05 Å². The minimum Gasteiger partial charge on any atom is -0.464 e. The largest absolute Gasteiger partial charge is 0.464 e. The molecular formula is C17H23NO6. The van der Waals surface area contributed by atoms with E-state index in [1.165, 1.54) is 7.05 Å². The van der Waals surface area contributed by atoms with Crippen LogP contribution in [0.25, 0.3) is 0 Å². The number of nitrogens with zero attached hydrogens (tertiary/aromatic N) is 1. The number of rotatable bonds is 7. The lowest BCUT2D eigenvalue weighted by molar-refractivity contribution is -0.236. The van der Waals surface area contributed by atoms with Crippen molar-refractivity contribution in [1.29, 1.82) is 0 Å². The Morgan fingerprint density at radius 2 is 1.71 bits per heavy atom. The molecule has 7 heteroatoms. The van der Waals surface area contributed by atoms with Crippen LogP contribution < -0.4 is 0 Å². The Kier molecular flexibility index (Phi) is 8.32. The number of benzene rings is 1. The molecule has 132 valence electrons. The summed E-state index contributed by atoms with van der Waals surface area (Å²) in [5.41, 5.74) is 0.978. The molecule has 0 atom stereocenters. The molecule has 0 fully saturated rings. The Labute approximate surface area is 141 Å². The fourth-order valence-electron chi connectivity index (χ4n) is 1.64. The molecule has 1 aromatic rings. The van der Waals surface area contributed by atoms with E-state index in [1.807, 2.05) is 44.2 Å². The van der Waals surface area contributed by atoms with Gasteiger partial charge in [-0.3, -0.25) is 9.69 Å². The first-order chi connectivity index (χ1) is 11.4. The Morgan fingerprint density at radius 1 is 1.04 bits per heavy atom. The molecule has 1 rings (SSSR count). The van der Waals surface area contributed by atoms with E-state index in [-0.39, 0.29) is 25.5 Å². The van der Waals surface area contributed by atoms with Crippen LogP contribution in [-0.4, -0.2) is 43.1 Å². The van der Waals surface area contributed by atoms with Gasteiger partial charge in [0.15, 0.2) is 0 Å². The minimum atomic E-state index is -0.940. The van der Waals surface area contributed by atoms with E-state index in [2.05, 4.69) is 9.78 Å². The van der Waals surface area contributed by atoms with Gasteiger partial charge in [-0.2, -0.15) is 0 Å². The van der Waals surface area contributed by atoms with Gasteiger partial charge in [-0.1, -0.05) is 44.2 Å². The average Bonchev–Trinajstić information content (AvgIpc) is 2.56. The summed E-state index contributed by atoms with van der Waals surface area (Å²) >= 11 is 0. The van der Waals surface area contributed by atoms with E-state index in [0.29, 0.717) is 6.42 Å². The molecule has 0 radical (unpaired) electrons. The quantitative estimate of drug-likeness (QED) is 0.431. The van der Waals surface area contributed by atoms with E-state index in [4.69, 9.17) is 4.74 Å². The molecule has 0 aliphatic rings. The van der Waals surface area contributed by atoms with Crippen LogP contribution in [0.4, 0.5) is 4.79 Å². The lowest BCUT2D eigenvalue weighted by Gasteiger charge is -2.15. The number of hydrogen-bond donors (Lipinski definition) is 0. The molecular weight excluding hydrogens is 314 g/mol. The molecule has 0 saturated carbocycles. The highest BCUT2D eigenvalue weighted by Gasteiger charge is 2.18. The number of carbonyl (C=O) groups excluding carboxylic acids is 3. The van der Waals surface area contributed by atoms with Crippen molar-refractivity contribution >= 4 is 18.0 Å². The van der Waals surface area contributed by atoms with Crippen molar-refractivity contribution in [2.45, 2.75) is 26.7 Å². The number of hydrogen-bond acceptors (Lipinski definition) is 6. The van der Waals surface area contributed by atoms with E-state index in [1.54, 1.807) is 0 Å². The molecule has 0 N–H and O–H groups in total. The van der Waals surface area contributed by atoms with Gasteiger partial charge >= 0.3 is 18.0 Å². The van der Waals surface area contributed by atoms with E-state index in [9.17, 15) is 14.4 Å². The molecule has 7 nitrogen and oxygen atoms in total. The monoisotopic (exact) mass is 337 g/mol. The van der Waals surface area contributed by atoms with Gasteiger partial charge in [-0.15, -0.1) is 0 Å². The van der Waals surface area contributed by atoms with Crippen LogP contribution in [0.5, 0.6) is 0 Å². The first-order valence-corrected chi connectivity index (χ1v) is 7.70. The topological polar surface area (TPSA) is 82.1 Å². The van der Waals surface area contributed by atoms with Gasteiger partial charge in [0.1, 0.15) is 6.54 Å². The highest BCUT2D eigenvalue weighted by Crippen LogP contribution is 2.04. The molecule has 0 aliphatic heterocycles. The molecule has 24 heavy (non-hydrogen) atoms. The minimum absolute atomic E-state index is 0.0808. The number of esters is 1. The molecule has 0 aromatic heterocycles. The summed E-state index contributed by atoms with van der Waals surface area (Å²) in [5, 5.41) is 0. The fourth-order valence-corrected chi connectivity index (χ4v) is 1.64. The van der Waals surface area contributed by atoms with Gasteiger partial charge in [0.2, 0.25) is 0 Å². The fraction of sp³-hybridized carbons (Fsp3) is 0.471. The number of aryl methyl sites for hydroxylation is 1. The van der Waals surface area contributed by atoms with E-state index >= 15 is 0 Å². The number of ether oxygens (including phenoxy) is 1. The summed E-state index contributed by atoms with van der Waals surface area (Å²) in [5.74, 6) is -1.02.